The third-order valence-corrected chi connectivity index (χ3v) is 5.25. The number of carbonyl (C=O) groups is 2. The number of aliphatic carboxylic acids is 1. The van der Waals surface area contributed by atoms with E-state index in [4.69, 9.17) is 10.00 Å². The number of likely N-dealkylation sites (tertiary alicyclic amines) is 1. The monoisotopic (exact) mass is 328 g/mol. The number of carboxylic acids is 1. The summed E-state index contributed by atoms with van der Waals surface area (Å²) in [6, 6.07) is 8.59. The van der Waals surface area contributed by atoms with Crippen LogP contribution >= 0.6 is 0 Å². The van der Waals surface area contributed by atoms with E-state index >= 15 is 0 Å². The molecule has 6 nitrogen and oxygen atoms in total. The molecule has 1 saturated carbocycles. The van der Waals surface area contributed by atoms with Gasteiger partial charge in [0.2, 0.25) is 0 Å². The fraction of sp³-hybridized carbons (Fsp3) is 0.500. The van der Waals surface area contributed by atoms with Gasteiger partial charge in [-0.1, -0.05) is 6.42 Å². The van der Waals surface area contributed by atoms with Crippen molar-refractivity contribution in [1.82, 2.24) is 4.90 Å². The third kappa shape index (κ3) is 2.71. The summed E-state index contributed by atoms with van der Waals surface area (Å²) in [5.74, 6) is -0.418. The molecule has 1 aromatic carbocycles. The molecular weight excluding hydrogens is 308 g/mol. The zero-order valence-electron chi connectivity index (χ0n) is 13.6. The molecule has 1 aliphatic carbocycles. The maximum atomic E-state index is 12.6. The van der Waals surface area contributed by atoms with Crippen LogP contribution < -0.4 is 4.74 Å². The standard InChI is InChI=1S/C18H20N2O4/c1-12(24-15-6-4-13(9-19)5-7-15)16(21)20-10-14-3-2-8-18(14,11-20)17(22)23/h4-7,12,14H,2-3,8,10-11H2,1H3,(H,22,23)/t12?,14-,18+/m0/s1. The van der Waals surface area contributed by atoms with Gasteiger partial charge in [0.05, 0.1) is 17.0 Å². The van der Waals surface area contributed by atoms with Crippen LogP contribution in [-0.2, 0) is 9.59 Å². The number of carbonyl (C=O) groups excluding carboxylic acids is 1. The summed E-state index contributed by atoms with van der Waals surface area (Å²) >= 11 is 0. The molecule has 1 aliphatic heterocycles. The lowest BCUT2D eigenvalue weighted by Crippen LogP contribution is -2.42. The lowest BCUT2D eigenvalue weighted by atomic mass is 9.81. The van der Waals surface area contributed by atoms with Crippen LogP contribution in [0.2, 0.25) is 0 Å². The quantitative estimate of drug-likeness (QED) is 0.913. The molecule has 1 aromatic rings. The molecule has 2 fully saturated rings. The number of nitrogens with zero attached hydrogens (tertiary/aromatic N) is 2. The number of fused-ring (bicyclic) bond motifs is 1. The fourth-order valence-electron chi connectivity index (χ4n) is 3.93. The minimum atomic E-state index is -0.791. The molecule has 0 bridgehead atoms. The third-order valence-electron chi connectivity index (χ3n) is 5.25. The van der Waals surface area contributed by atoms with Crippen LogP contribution in [-0.4, -0.2) is 41.1 Å². The Morgan fingerprint density at radius 1 is 1.42 bits per heavy atom. The highest BCUT2D eigenvalue weighted by Gasteiger charge is 2.56. The van der Waals surface area contributed by atoms with Gasteiger partial charge in [0.1, 0.15) is 5.75 Å². The number of benzene rings is 1. The molecule has 3 rings (SSSR count). The average molecular weight is 328 g/mol. The van der Waals surface area contributed by atoms with E-state index in [0.29, 0.717) is 24.3 Å². The zero-order valence-corrected chi connectivity index (χ0v) is 13.6. The van der Waals surface area contributed by atoms with Crippen LogP contribution in [0.1, 0.15) is 31.7 Å². The van der Waals surface area contributed by atoms with Gasteiger partial charge in [-0.25, -0.2) is 0 Å². The Bertz CT molecular complexity index is 694. The molecule has 3 atom stereocenters. The van der Waals surface area contributed by atoms with Gasteiger partial charge in [-0.15, -0.1) is 0 Å². The van der Waals surface area contributed by atoms with Crippen molar-refractivity contribution in [3.8, 4) is 11.8 Å². The van der Waals surface area contributed by atoms with Gasteiger partial charge in [0.15, 0.2) is 6.10 Å². The second kappa shape index (κ2) is 6.16. The summed E-state index contributed by atoms with van der Waals surface area (Å²) < 4.78 is 5.66. The van der Waals surface area contributed by atoms with Crippen molar-refractivity contribution < 1.29 is 19.4 Å². The summed E-state index contributed by atoms with van der Waals surface area (Å²) in [6.07, 6.45) is 1.72. The Hall–Kier alpha value is -2.55. The first-order valence-corrected chi connectivity index (χ1v) is 8.15. The van der Waals surface area contributed by atoms with Gasteiger partial charge in [-0.2, -0.15) is 5.26 Å². The molecule has 0 radical (unpaired) electrons. The van der Waals surface area contributed by atoms with Gasteiger partial charge in [0.25, 0.3) is 5.91 Å². The topological polar surface area (TPSA) is 90.6 Å². The van der Waals surface area contributed by atoms with Crippen LogP contribution in [0.3, 0.4) is 0 Å². The highest BCUT2D eigenvalue weighted by molar-refractivity contribution is 5.84. The first-order valence-electron chi connectivity index (χ1n) is 8.15. The van der Waals surface area contributed by atoms with Crippen molar-refractivity contribution >= 4 is 11.9 Å². The van der Waals surface area contributed by atoms with Crippen LogP contribution in [0.25, 0.3) is 0 Å². The molecular formula is C18H20N2O4. The van der Waals surface area contributed by atoms with E-state index in [1.807, 2.05) is 6.07 Å². The molecule has 1 amide bonds. The Kier molecular flexibility index (Phi) is 4.18. The molecule has 6 heteroatoms. The van der Waals surface area contributed by atoms with Crippen LogP contribution in [0, 0.1) is 22.7 Å². The lowest BCUT2D eigenvalue weighted by Gasteiger charge is -2.25. The molecule has 1 unspecified atom stereocenters. The zero-order chi connectivity index (χ0) is 17.3. The van der Waals surface area contributed by atoms with E-state index in [2.05, 4.69) is 0 Å². The van der Waals surface area contributed by atoms with Gasteiger partial charge in [0, 0.05) is 13.1 Å². The predicted molar refractivity (Wildman–Crippen MR) is 85.2 cm³/mol. The van der Waals surface area contributed by atoms with Crippen molar-refractivity contribution in [2.45, 2.75) is 32.3 Å². The van der Waals surface area contributed by atoms with E-state index < -0.39 is 17.5 Å². The van der Waals surface area contributed by atoms with Crippen molar-refractivity contribution in [3.63, 3.8) is 0 Å². The number of rotatable bonds is 4. The van der Waals surface area contributed by atoms with Crippen molar-refractivity contribution in [2.24, 2.45) is 11.3 Å². The summed E-state index contributed by atoms with van der Waals surface area (Å²) in [5, 5.41) is 18.4. The maximum Gasteiger partial charge on any atom is 0.311 e. The predicted octanol–water partition coefficient (Wildman–Crippen LogP) is 2.04. The Labute approximate surface area is 140 Å². The van der Waals surface area contributed by atoms with Crippen LogP contribution in [0.4, 0.5) is 0 Å². The molecule has 2 aliphatic rings. The smallest absolute Gasteiger partial charge is 0.311 e. The number of hydrogen-bond acceptors (Lipinski definition) is 4. The molecule has 1 heterocycles. The highest BCUT2D eigenvalue weighted by Crippen LogP contribution is 2.49. The summed E-state index contributed by atoms with van der Waals surface area (Å²) in [5.41, 5.74) is -0.249. The first-order chi connectivity index (χ1) is 11.5. The van der Waals surface area contributed by atoms with Crippen molar-refractivity contribution in [2.75, 3.05) is 13.1 Å². The molecule has 1 saturated heterocycles. The van der Waals surface area contributed by atoms with E-state index in [1.165, 1.54) is 0 Å². The summed E-state index contributed by atoms with van der Waals surface area (Å²) in [4.78, 5) is 26.0. The van der Waals surface area contributed by atoms with Gasteiger partial charge in [-0.3, -0.25) is 9.59 Å². The number of amides is 1. The Morgan fingerprint density at radius 2 is 2.12 bits per heavy atom. The van der Waals surface area contributed by atoms with E-state index in [9.17, 15) is 14.7 Å². The summed E-state index contributed by atoms with van der Waals surface area (Å²) in [7, 11) is 0. The van der Waals surface area contributed by atoms with E-state index in [-0.39, 0.29) is 18.4 Å². The molecule has 0 aromatic heterocycles. The minimum Gasteiger partial charge on any atom is -0.481 e. The Morgan fingerprint density at radius 3 is 2.71 bits per heavy atom. The number of ether oxygens (including phenoxy) is 1. The van der Waals surface area contributed by atoms with Gasteiger partial charge < -0.3 is 14.7 Å². The SMILES string of the molecule is CC(Oc1ccc(C#N)cc1)C(=O)N1C[C@@H]2CCC[C@@]2(C(=O)O)C1. The minimum absolute atomic E-state index is 0.0427. The molecule has 24 heavy (non-hydrogen) atoms. The number of carboxylic acid groups (broad SMARTS) is 1. The molecule has 1 N–H and O–H groups in total. The average Bonchev–Trinajstić information content (AvgIpc) is 3.13. The van der Waals surface area contributed by atoms with E-state index in [0.717, 1.165) is 12.8 Å². The largest absolute Gasteiger partial charge is 0.481 e. The number of hydrogen-bond donors (Lipinski definition) is 1. The fourth-order valence-corrected chi connectivity index (χ4v) is 3.93. The maximum absolute atomic E-state index is 12.6. The van der Waals surface area contributed by atoms with Gasteiger partial charge >= 0.3 is 5.97 Å². The number of nitriles is 1. The van der Waals surface area contributed by atoms with Crippen molar-refractivity contribution in [3.05, 3.63) is 29.8 Å². The summed E-state index contributed by atoms with van der Waals surface area (Å²) in [6.45, 7) is 2.43. The second-order valence-electron chi connectivity index (χ2n) is 6.67. The lowest BCUT2D eigenvalue weighted by molar-refractivity contribution is -0.150. The van der Waals surface area contributed by atoms with Gasteiger partial charge in [-0.05, 0) is 49.9 Å². The Balaban J connectivity index is 1.66. The highest BCUT2D eigenvalue weighted by atomic mass is 16.5. The van der Waals surface area contributed by atoms with Crippen LogP contribution in [0.5, 0.6) is 5.75 Å². The van der Waals surface area contributed by atoms with E-state index in [1.54, 1.807) is 36.1 Å². The second-order valence-corrected chi connectivity index (χ2v) is 6.67. The first kappa shape index (κ1) is 16.3. The molecule has 126 valence electrons. The van der Waals surface area contributed by atoms with Crippen LogP contribution in [0.15, 0.2) is 24.3 Å². The molecule has 0 spiro atoms. The van der Waals surface area contributed by atoms with Crippen molar-refractivity contribution in [1.29, 1.82) is 5.26 Å². The normalized spacial score (nSPS) is 26.5.